The minimum absolute atomic E-state index is 0.152. The molecule has 2 aromatic rings. The van der Waals surface area contributed by atoms with Crippen LogP contribution in [0.25, 0.3) is 0 Å². The molecule has 1 unspecified atom stereocenters. The highest BCUT2D eigenvalue weighted by Crippen LogP contribution is 2.23. The normalized spacial score (nSPS) is 11.9. The van der Waals surface area contributed by atoms with Crippen molar-refractivity contribution in [3.63, 3.8) is 0 Å². The lowest BCUT2D eigenvalue weighted by molar-refractivity contribution is -0.138. The average molecular weight is 284 g/mol. The van der Waals surface area contributed by atoms with Gasteiger partial charge in [0.15, 0.2) is 0 Å². The summed E-state index contributed by atoms with van der Waals surface area (Å²) in [6.45, 7) is 1.95. The Balaban J connectivity index is 2.29. The van der Waals surface area contributed by atoms with Crippen LogP contribution in [0.4, 0.5) is 0 Å². The van der Waals surface area contributed by atoms with Crippen molar-refractivity contribution in [2.45, 2.75) is 19.3 Å². The summed E-state index contributed by atoms with van der Waals surface area (Å²) in [7, 11) is 0. The van der Waals surface area contributed by atoms with Crippen molar-refractivity contribution in [2.75, 3.05) is 0 Å². The zero-order valence-electron chi connectivity index (χ0n) is 11.6. The van der Waals surface area contributed by atoms with Crippen LogP contribution in [-0.2, 0) is 11.2 Å². The van der Waals surface area contributed by atoms with Crippen molar-refractivity contribution >= 4 is 11.9 Å². The molecule has 0 fully saturated rings. The summed E-state index contributed by atoms with van der Waals surface area (Å²) in [5, 5.41) is 18.3. The standard InChI is InChI=1S/C17H16O4/c1-11-4-2-3-5-14(11)10-15(17(20)21)12-6-8-13(9-7-12)16(18)19/h2-9,15H,10H2,1H3,(H,18,19)(H,20,21). The zero-order valence-corrected chi connectivity index (χ0v) is 11.6. The first kappa shape index (κ1) is 14.8. The van der Waals surface area contributed by atoms with Crippen LogP contribution < -0.4 is 0 Å². The monoisotopic (exact) mass is 284 g/mol. The van der Waals surface area contributed by atoms with Crippen molar-refractivity contribution in [1.82, 2.24) is 0 Å². The van der Waals surface area contributed by atoms with Gasteiger partial charge in [-0.15, -0.1) is 0 Å². The number of carbonyl (C=O) groups is 2. The first-order chi connectivity index (χ1) is 9.99. The van der Waals surface area contributed by atoms with E-state index in [9.17, 15) is 14.7 Å². The predicted octanol–water partition coefficient (Wildman–Crippen LogP) is 3.10. The van der Waals surface area contributed by atoms with Crippen LogP contribution in [0, 0.1) is 6.92 Å². The van der Waals surface area contributed by atoms with Gasteiger partial charge in [-0.25, -0.2) is 4.79 Å². The second kappa shape index (κ2) is 6.22. The third kappa shape index (κ3) is 3.48. The molecule has 4 heteroatoms. The molecule has 0 radical (unpaired) electrons. The molecule has 0 aliphatic rings. The number of aryl methyl sites for hydroxylation is 1. The number of hydrogen-bond acceptors (Lipinski definition) is 2. The van der Waals surface area contributed by atoms with E-state index in [0.717, 1.165) is 11.1 Å². The van der Waals surface area contributed by atoms with Crippen LogP contribution in [-0.4, -0.2) is 22.2 Å². The molecular weight excluding hydrogens is 268 g/mol. The number of benzene rings is 2. The molecule has 0 saturated carbocycles. The summed E-state index contributed by atoms with van der Waals surface area (Å²) in [6.07, 6.45) is 0.383. The summed E-state index contributed by atoms with van der Waals surface area (Å²) >= 11 is 0. The summed E-state index contributed by atoms with van der Waals surface area (Å²) in [5.41, 5.74) is 2.78. The molecule has 0 saturated heterocycles. The first-order valence-corrected chi connectivity index (χ1v) is 6.59. The first-order valence-electron chi connectivity index (χ1n) is 6.59. The summed E-state index contributed by atoms with van der Waals surface area (Å²) < 4.78 is 0. The molecule has 0 heterocycles. The second-order valence-corrected chi connectivity index (χ2v) is 4.95. The lowest BCUT2D eigenvalue weighted by atomic mass is 9.90. The van der Waals surface area contributed by atoms with Gasteiger partial charge >= 0.3 is 11.9 Å². The lowest BCUT2D eigenvalue weighted by Crippen LogP contribution is -2.15. The number of aliphatic carboxylic acids is 1. The van der Waals surface area contributed by atoms with Gasteiger partial charge in [-0.3, -0.25) is 4.79 Å². The number of aromatic carboxylic acids is 1. The van der Waals surface area contributed by atoms with E-state index in [4.69, 9.17) is 5.11 Å². The van der Waals surface area contributed by atoms with Gasteiger partial charge in [-0.05, 0) is 42.2 Å². The maximum atomic E-state index is 11.5. The minimum atomic E-state index is -1.02. The predicted molar refractivity (Wildman–Crippen MR) is 78.7 cm³/mol. The van der Waals surface area contributed by atoms with Crippen LogP contribution in [0.3, 0.4) is 0 Å². The molecule has 1 atom stereocenters. The Morgan fingerprint density at radius 1 is 1.00 bits per heavy atom. The SMILES string of the molecule is Cc1ccccc1CC(C(=O)O)c1ccc(C(=O)O)cc1. The Bertz CT molecular complexity index is 659. The van der Waals surface area contributed by atoms with Crippen molar-refractivity contribution in [3.8, 4) is 0 Å². The molecule has 0 spiro atoms. The number of hydrogen-bond donors (Lipinski definition) is 2. The van der Waals surface area contributed by atoms with Crippen molar-refractivity contribution in [2.24, 2.45) is 0 Å². The van der Waals surface area contributed by atoms with E-state index in [2.05, 4.69) is 0 Å². The van der Waals surface area contributed by atoms with Crippen LogP contribution in [0.1, 0.15) is 33.0 Å². The van der Waals surface area contributed by atoms with Gasteiger partial charge in [0, 0.05) is 0 Å². The number of rotatable bonds is 5. The molecule has 4 nitrogen and oxygen atoms in total. The highest BCUT2D eigenvalue weighted by Gasteiger charge is 2.21. The van der Waals surface area contributed by atoms with Gasteiger partial charge in [0.05, 0.1) is 11.5 Å². The fourth-order valence-electron chi connectivity index (χ4n) is 2.26. The number of carboxylic acids is 2. The van der Waals surface area contributed by atoms with Gasteiger partial charge in [0.25, 0.3) is 0 Å². The third-order valence-electron chi connectivity index (χ3n) is 3.54. The molecule has 2 rings (SSSR count). The zero-order chi connectivity index (χ0) is 15.4. The Kier molecular flexibility index (Phi) is 4.38. The quantitative estimate of drug-likeness (QED) is 0.884. The van der Waals surface area contributed by atoms with Crippen LogP contribution >= 0.6 is 0 Å². The average Bonchev–Trinajstić information content (AvgIpc) is 2.46. The van der Waals surface area contributed by atoms with Crippen LogP contribution in [0.5, 0.6) is 0 Å². The van der Waals surface area contributed by atoms with E-state index in [0.29, 0.717) is 12.0 Å². The largest absolute Gasteiger partial charge is 0.481 e. The molecular formula is C17H16O4. The van der Waals surface area contributed by atoms with Crippen molar-refractivity contribution in [1.29, 1.82) is 0 Å². The lowest BCUT2D eigenvalue weighted by Gasteiger charge is -2.14. The van der Waals surface area contributed by atoms with E-state index in [1.165, 1.54) is 12.1 Å². The smallest absolute Gasteiger partial charge is 0.335 e. The highest BCUT2D eigenvalue weighted by molar-refractivity contribution is 5.87. The topological polar surface area (TPSA) is 74.6 Å². The Hall–Kier alpha value is -2.62. The fourth-order valence-corrected chi connectivity index (χ4v) is 2.26. The maximum Gasteiger partial charge on any atom is 0.335 e. The molecule has 0 aromatic heterocycles. The summed E-state index contributed by atoms with van der Waals surface area (Å²) in [5.74, 6) is -2.62. The van der Waals surface area contributed by atoms with E-state index in [1.807, 2.05) is 31.2 Å². The second-order valence-electron chi connectivity index (χ2n) is 4.95. The molecule has 0 aliphatic heterocycles. The molecule has 0 bridgehead atoms. The highest BCUT2D eigenvalue weighted by atomic mass is 16.4. The molecule has 0 amide bonds. The maximum absolute atomic E-state index is 11.5. The molecule has 21 heavy (non-hydrogen) atoms. The van der Waals surface area contributed by atoms with E-state index >= 15 is 0 Å². The van der Waals surface area contributed by atoms with Gasteiger partial charge in [0.2, 0.25) is 0 Å². The van der Waals surface area contributed by atoms with Crippen molar-refractivity contribution < 1.29 is 19.8 Å². The molecule has 108 valence electrons. The molecule has 0 aliphatic carbocycles. The minimum Gasteiger partial charge on any atom is -0.481 e. The third-order valence-corrected chi connectivity index (χ3v) is 3.54. The van der Waals surface area contributed by atoms with Gasteiger partial charge in [0.1, 0.15) is 0 Å². The Morgan fingerprint density at radius 2 is 1.62 bits per heavy atom. The molecule has 2 aromatic carbocycles. The van der Waals surface area contributed by atoms with Crippen molar-refractivity contribution in [3.05, 3.63) is 70.8 Å². The van der Waals surface area contributed by atoms with Gasteiger partial charge in [-0.1, -0.05) is 36.4 Å². The summed E-state index contributed by atoms with van der Waals surface area (Å²) in [6, 6.07) is 13.7. The van der Waals surface area contributed by atoms with Crippen LogP contribution in [0.15, 0.2) is 48.5 Å². The number of carboxylic acid groups (broad SMARTS) is 2. The van der Waals surface area contributed by atoms with Crippen LogP contribution in [0.2, 0.25) is 0 Å². The molecule has 2 N–H and O–H groups in total. The Morgan fingerprint density at radius 3 is 2.14 bits per heavy atom. The van der Waals surface area contributed by atoms with E-state index < -0.39 is 17.9 Å². The van der Waals surface area contributed by atoms with Gasteiger partial charge < -0.3 is 10.2 Å². The van der Waals surface area contributed by atoms with E-state index in [1.54, 1.807) is 12.1 Å². The van der Waals surface area contributed by atoms with E-state index in [-0.39, 0.29) is 5.56 Å². The van der Waals surface area contributed by atoms with Gasteiger partial charge in [-0.2, -0.15) is 0 Å². The summed E-state index contributed by atoms with van der Waals surface area (Å²) in [4.78, 5) is 22.4. The fraction of sp³-hybridized carbons (Fsp3) is 0.176. The Labute approximate surface area is 122 Å².